The number of carbonyl (C=O) groups is 1. The second-order valence-corrected chi connectivity index (χ2v) is 5.41. The topological polar surface area (TPSA) is 84.6 Å². The monoisotopic (exact) mass is 252 g/mol. The van der Waals surface area contributed by atoms with Gasteiger partial charge < -0.3 is 14.8 Å². The van der Waals surface area contributed by atoms with Crippen LogP contribution in [0.3, 0.4) is 0 Å². The van der Waals surface area contributed by atoms with Gasteiger partial charge >= 0.3 is 13.1 Å². The van der Waals surface area contributed by atoms with E-state index in [4.69, 9.17) is 4.74 Å². The highest BCUT2D eigenvalue weighted by Gasteiger charge is 2.34. The maximum atomic E-state index is 12.0. The Labute approximate surface area is 106 Å². The van der Waals surface area contributed by atoms with E-state index in [0.29, 0.717) is 18.7 Å². The highest BCUT2D eigenvalue weighted by atomic mass is 16.6. The molecule has 7 heteroatoms. The Balaban J connectivity index is 2.36. The van der Waals surface area contributed by atoms with E-state index in [1.54, 1.807) is 25.5 Å². The minimum absolute atomic E-state index is 0.00891. The number of rotatable bonds is 2. The van der Waals surface area contributed by atoms with E-state index < -0.39 is 18.7 Å². The summed E-state index contributed by atoms with van der Waals surface area (Å²) in [5, 5.41) is 22.9. The van der Waals surface area contributed by atoms with Crippen LogP contribution in [0.4, 0.5) is 0 Å². The highest BCUT2D eigenvalue weighted by Crippen LogP contribution is 2.16. The predicted molar refractivity (Wildman–Crippen MR) is 65.5 cm³/mol. The number of fused-ring (bicyclic) bond motifs is 1. The summed E-state index contributed by atoms with van der Waals surface area (Å²) >= 11 is 0. The number of hydrogen-bond donors (Lipinski definition) is 2. The molecule has 0 saturated heterocycles. The zero-order valence-electron chi connectivity index (χ0n) is 10.8. The number of ether oxygens (including phenoxy) is 1. The lowest BCUT2D eigenvalue weighted by atomic mass is 9.77. The van der Waals surface area contributed by atoms with Crippen molar-refractivity contribution in [1.29, 1.82) is 0 Å². The Bertz CT molecular complexity index is 476. The molecule has 6 nitrogen and oxygen atoms in total. The van der Waals surface area contributed by atoms with Gasteiger partial charge in [0.2, 0.25) is 0 Å². The summed E-state index contributed by atoms with van der Waals surface area (Å²) in [5.74, 6) is -0.618. The lowest BCUT2D eigenvalue weighted by Crippen LogP contribution is -2.37. The van der Waals surface area contributed by atoms with Crippen molar-refractivity contribution in [3.05, 3.63) is 11.4 Å². The molecule has 0 spiro atoms. The van der Waals surface area contributed by atoms with Crippen LogP contribution in [0.2, 0.25) is 0 Å². The minimum Gasteiger partial charge on any atom is -0.455 e. The summed E-state index contributed by atoms with van der Waals surface area (Å²) in [6.07, 6.45) is 1.60. The standard InChI is InChI=1S/C11H17BN2O4/c1-11(2,3)18-10(15)9-8(12(16)17)7-5-4-6-14(7)13-9/h16-17H,4-6H2,1-3H3. The Morgan fingerprint density at radius 3 is 2.67 bits per heavy atom. The maximum absolute atomic E-state index is 12.0. The lowest BCUT2D eigenvalue weighted by Gasteiger charge is -2.19. The first-order valence-electron chi connectivity index (χ1n) is 5.98. The van der Waals surface area contributed by atoms with E-state index in [2.05, 4.69) is 5.10 Å². The van der Waals surface area contributed by atoms with Crippen molar-refractivity contribution in [2.24, 2.45) is 0 Å². The lowest BCUT2D eigenvalue weighted by molar-refractivity contribution is 0.00629. The molecule has 1 aromatic rings. The number of esters is 1. The number of carbonyl (C=O) groups excluding carboxylic acids is 1. The number of aryl methyl sites for hydroxylation is 1. The van der Waals surface area contributed by atoms with Gasteiger partial charge in [-0.3, -0.25) is 4.68 Å². The number of hydrogen-bond acceptors (Lipinski definition) is 5. The first kappa shape index (κ1) is 13.1. The fraction of sp³-hybridized carbons (Fsp3) is 0.636. The van der Waals surface area contributed by atoms with Crippen LogP contribution >= 0.6 is 0 Å². The van der Waals surface area contributed by atoms with Crippen molar-refractivity contribution in [1.82, 2.24) is 9.78 Å². The SMILES string of the molecule is CC(C)(C)OC(=O)c1nn2c(c1B(O)O)CCC2. The smallest absolute Gasteiger partial charge is 0.455 e. The van der Waals surface area contributed by atoms with Crippen molar-refractivity contribution < 1.29 is 19.6 Å². The average Bonchev–Trinajstić information content (AvgIpc) is 2.70. The summed E-state index contributed by atoms with van der Waals surface area (Å²) in [4.78, 5) is 12.0. The minimum atomic E-state index is -1.70. The first-order valence-corrected chi connectivity index (χ1v) is 5.98. The zero-order chi connectivity index (χ0) is 13.5. The van der Waals surface area contributed by atoms with Gasteiger partial charge in [-0.05, 0) is 33.6 Å². The summed E-state index contributed by atoms with van der Waals surface area (Å²) in [6.45, 7) is 5.95. The third-order valence-corrected chi connectivity index (χ3v) is 2.73. The van der Waals surface area contributed by atoms with Crippen LogP contribution in [0.15, 0.2) is 0 Å². The quantitative estimate of drug-likeness (QED) is 0.545. The third-order valence-electron chi connectivity index (χ3n) is 2.73. The van der Waals surface area contributed by atoms with Crippen LogP contribution in [-0.4, -0.2) is 38.5 Å². The van der Waals surface area contributed by atoms with E-state index >= 15 is 0 Å². The molecule has 18 heavy (non-hydrogen) atoms. The molecule has 1 aliphatic rings. The zero-order valence-corrected chi connectivity index (χ0v) is 10.8. The van der Waals surface area contributed by atoms with Crippen LogP contribution in [0.1, 0.15) is 43.4 Å². The Morgan fingerprint density at radius 2 is 2.11 bits per heavy atom. The van der Waals surface area contributed by atoms with E-state index in [0.717, 1.165) is 6.42 Å². The average molecular weight is 252 g/mol. The van der Waals surface area contributed by atoms with Gasteiger partial charge in [-0.25, -0.2) is 4.79 Å². The van der Waals surface area contributed by atoms with E-state index in [9.17, 15) is 14.8 Å². The Morgan fingerprint density at radius 1 is 1.44 bits per heavy atom. The normalized spacial score (nSPS) is 14.5. The van der Waals surface area contributed by atoms with Crippen LogP contribution in [0.5, 0.6) is 0 Å². The summed E-state index contributed by atoms with van der Waals surface area (Å²) in [7, 11) is -1.70. The summed E-state index contributed by atoms with van der Waals surface area (Å²) < 4.78 is 6.86. The predicted octanol–water partition coefficient (Wildman–Crippen LogP) is -0.536. The molecule has 0 fully saturated rings. The van der Waals surface area contributed by atoms with Crippen molar-refractivity contribution >= 4 is 18.6 Å². The molecule has 1 aliphatic heterocycles. The van der Waals surface area contributed by atoms with Crippen LogP contribution < -0.4 is 5.46 Å². The second-order valence-electron chi connectivity index (χ2n) is 5.41. The van der Waals surface area contributed by atoms with Gasteiger partial charge in [-0.2, -0.15) is 5.10 Å². The molecule has 98 valence electrons. The van der Waals surface area contributed by atoms with Gasteiger partial charge in [0, 0.05) is 17.7 Å². The fourth-order valence-corrected chi connectivity index (χ4v) is 2.10. The molecule has 0 bridgehead atoms. The van der Waals surface area contributed by atoms with Crippen molar-refractivity contribution in [2.45, 2.75) is 45.8 Å². The van der Waals surface area contributed by atoms with Crippen molar-refractivity contribution in [3.63, 3.8) is 0 Å². The number of aromatic nitrogens is 2. The van der Waals surface area contributed by atoms with Gasteiger partial charge in [0.1, 0.15) is 5.60 Å². The molecule has 0 aromatic carbocycles. The molecule has 0 unspecified atom stereocenters. The van der Waals surface area contributed by atoms with Gasteiger partial charge in [0.05, 0.1) is 0 Å². The van der Waals surface area contributed by atoms with E-state index in [1.165, 1.54) is 0 Å². The molecule has 0 atom stereocenters. The van der Waals surface area contributed by atoms with Crippen LogP contribution in [-0.2, 0) is 17.7 Å². The molecule has 0 saturated carbocycles. The van der Waals surface area contributed by atoms with E-state index in [1.807, 2.05) is 0 Å². The Hall–Kier alpha value is -1.34. The largest absolute Gasteiger partial charge is 0.492 e. The van der Waals surface area contributed by atoms with E-state index in [-0.39, 0.29) is 11.2 Å². The summed E-state index contributed by atoms with van der Waals surface area (Å²) in [5.41, 5.74) is 0.269. The second kappa shape index (κ2) is 4.40. The van der Waals surface area contributed by atoms with Crippen LogP contribution in [0, 0.1) is 0 Å². The molecule has 2 N–H and O–H groups in total. The molecule has 1 aromatic heterocycles. The number of nitrogens with zero attached hydrogens (tertiary/aromatic N) is 2. The Kier molecular flexibility index (Phi) is 3.20. The molecule has 2 heterocycles. The molecule has 2 rings (SSSR count). The van der Waals surface area contributed by atoms with Gasteiger partial charge in [0.25, 0.3) is 0 Å². The molecular formula is C11H17BN2O4. The highest BCUT2D eigenvalue weighted by molar-refractivity contribution is 6.60. The molecule has 0 amide bonds. The molecule has 0 aliphatic carbocycles. The molecule has 0 radical (unpaired) electrons. The van der Waals surface area contributed by atoms with Gasteiger partial charge in [0.15, 0.2) is 5.69 Å². The third kappa shape index (κ3) is 2.42. The van der Waals surface area contributed by atoms with Crippen LogP contribution in [0.25, 0.3) is 0 Å². The van der Waals surface area contributed by atoms with Crippen molar-refractivity contribution in [3.8, 4) is 0 Å². The van der Waals surface area contributed by atoms with Crippen molar-refractivity contribution in [2.75, 3.05) is 0 Å². The summed E-state index contributed by atoms with van der Waals surface area (Å²) in [6, 6.07) is 0. The van der Waals surface area contributed by atoms with Gasteiger partial charge in [-0.15, -0.1) is 0 Å². The fourth-order valence-electron chi connectivity index (χ4n) is 2.10. The maximum Gasteiger partial charge on any atom is 0.492 e. The first-order chi connectivity index (χ1) is 8.29. The van der Waals surface area contributed by atoms with Gasteiger partial charge in [-0.1, -0.05) is 0 Å². The molecular weight excluding hydrogens is 235 g/mol.